The zero-order chi connectivity index (χ0) is 19.0. The Morgan fingerprint density at radius 2 is 1.70 bits per heavy atom. The van der Waals surface area contributed by atoms with Crippen molar-refractivity contribution in [3.05, 3.63) is 83.9 Å². The van der Waals surface area contributed by atoms with Gasteiger partial charge in [-0.1, -0.05) is 12.1 Å². The monoisotopic (exact) mass is 386 g/mol. The highest BCUT2D eigenvalue weighted by atomic mass is 32.2. The predicted octanol–water partition coefficient (Wildman–Crippen LogP) is 3.43. The summed E-state index contributed by atoms with van der Waals surface area (Å²) in [5.41, 5.74) is 1.60. The van der Waals surface area contributed by atoms with Gasteiger partial charge in [0.2, 0.25) is 10.0 Å². The molecule has 0 N–H and O–H groups in total. The van der Waals surface area contributed by atoms with E-state index in [1.807, 2.05) is 22.9 Å². The van der Waals surface area contributed by atoms with E-state index in [0.29, 0.717) is 18.8 Å². The Morgan fingerprint density at radius 1 is 1.00 bits per heavy atom. The first kappa shape index (κ1) is 17.8. The van der Waals surface area contributed by atoms with E-state index >= 15 is 0 Å². The summed E-state index contributed by atoms with van der Waals surface area (Å²) in [5, 5.41) is 0. The van der Waals surface area contributed by atoms with Gasteiger partial charge in [-0.05, 0) is 54.1 Å². The molecule has 7 heteroatoms. The van der Waals surface area contributed by atoms with E-state index in [0.717, 1.165) is 11.3 Å². The highest BCUT2D eigenvalue weighted by Crippen LogP contribution is 2.36. The minimum atomic E-state index is -3.74. The molecular weight excluding hydrogens is 367 g/mol. The molecule has 27 heavy (non-hydrogen) atoms. The summed E-state index contributed by atoms with van der Waals surface area (Å²) in [6.45, 7) is 0.896. The van der Waals surface area contributed by atoms with Crippen molar-refractivity contribution in [3.8, 4) is 5.75 Å². The van der Waals surface area contributed by atoms with Gasteiger partial charge < -0.3 is 9.30 Å². The Balaban J connectivity index is 1.80. The molecule has 0 fully saturated rings. The van der Waals surface area contributed by atoms with Gasteiger partial charge in [0.05, 0.1) is 18.0 Å². The average Bonchev–Trinajstić information content (AvgIpc) is 3.17. The van der Waals surface area contributed by atoms with E-state index < -0.39 is 16.1 Å². The highest BCUT2D eigenvalue weighted by Gasteiger charge is 2.37. The van der Waals surface area contributed by atoms with Gasteiger partial charge in [-0.15, -0.1) is 0 Å². The average molecular weight is 386 g/mol. The normalized spacial score (nSPS) is 17.5. The van der Waals surface area contributed by atoms with Gasteiger partial charge in [-0.2, -0.15) is 4.31 Å². The molecule has 1 aromatic heterocycles. The third-order valence-corrected chi connectivity index (χ3v) is 6.72. The topological polar surface area (TPSA) is 51.5 Å². The van der Waals surface area contributed by atoms with Crippen molar-refractivity contribution < 1.29 is 17.5 Å². The van der Waals surface area contributed by atoms with E-state index in [1.165, 1.54) is 23.5 Å². The van der Waals surface area contributed by atoms with Crippen molar-refractivity contribution in [1.29, 1.82) is 0 Å². The summed E-state index contributed by atoms with van der Waals surface area (Å²) in [7, 11) is -2.21. The second-order valence-corrected chi connectivity index (χ2v) is 8.26. The number of halogens is 1. The molecule has 1 aliphatic heterocycles. The molecule has 1 aliphatic rings. The third kappa shape index (κ3) is 3.13. The molecule has 3 aromatic rings. The van der Waals surface area contributed by atoms with Crippen LogP contribution in [0, 0.1) is 5.82 Å². The lowest BCUT2D eigenvalue weighted by Crippen LogP contribution is -2.42. The Kier molecular flexibility index (Phi) is 4.49. The third-order valence-electron chi connectivity index (χ3n) is 4.85. The Hall–Kier alpha value is -2.64. The van der Waals surface area contributed by atoms with Crippen molar-refractivity contribution in [3.63, 3.8) is 0 Å². The molecule has 4 rings (SSSR count). The number of rotatable bonds is 4. The molecule has 0 aliphatic carbocycles. The number of sulfonamides is 1. The van der Waals surface area contributed by atoms with Gasteiger partial charge in [0.1, 0.15) is 11.6 Å². The van der Waals surface area contributed by atoms with Crippen molar-refractivity contribution in [2.24, 2.45) is 0 Å². The first-order chi connectivity index (χ1) is 13.0. The number of hydrogen-bond acceptors (Lipinski definition) is 3. The van der Waals surface area contributed by atoms with Crippen molar-refractivity contribution in [2.75, 3.05) is 13.7 Å². The number of methoxy groups -OCH3 is 1. The summed E-state index contributed by atoms with van der Waals surface area (Å²) in [6, 6.07) is 15.6. The maximum atomic E-state index is 13.4. The molecule has 0 unspecified atom stereocenters. The van der Waals surface area contributed by atoms with Crippen LogP contribution in [-0.2, 0) is 16.6 Å². The van der Waals surface area contributed by atoms with E-state index in [1.54, 1.807) is 36.4 Å². The molecule has 0 saturated heterocycles. The summed E-state index contributed by atoms with van der Waals surface area (Å²) >= 11 is 0. The highest BCUT2D eigenvalue weighted by molar-refractivity contribution is 7.89. The maximum absolute atomic E-state index is 13.4. The van der Waals surface area contributed by atoms with E-state index in [4.69, 9.17) is 4.74 Å². The van der Waals surface area contributed by atoms with E-state index in [9.17, 15) is 12.8 Å². The number of nitrogens with zero attached hydrogens (tertiary/aromatic N) is 2. The van der Waals surface area contributed by atoms with Crippen LogP contribution in [0.25, 0.3) is 0 Å². The molecule has 0 amide bonds. The second kappa shape index (κ2) is 6.83. The minimum absolute atomic E-state index is 0.204. The lowest BCUT2D eigenvalue weighted by molar-refractivity contribution is 0.298. The largest absolute Gasteiger partial charge is 0.497 e. The van der Waals surface area contributed by atoms with Gasteiger partial charge in [0, 0.05) is 25.0 Å². The van der Waals surface area contributed by atoms with Crippen LogP contribution in [0.4, 0.5) is 4.39 Å². The Morgan fingerprint density at radius 3 is 2.37 bits per heavy atom. The van der Waals surface area contributed by atoms with Crippen LogP contribution in [-0.4, -0.2) is 30.9 Å². The first-order valence-corrected chi connectivity index (χ1v) is 10.0. The smallest absolute Gasteiger partial charge is 0.244 e. The quantitative estimate of drug-likeness (QED) is 0.690. The van der Waals surface area contributed by atoms with Crippen molar-refractivity contribution in [2.45, 2.75) is 17.5 Å². The summed E-state index contributed by atoms with van der Waals surface area (Å²) in [4.78, 5) is 0.204. The van der Waals surface area contributed by atoms with Gasteiger partial charge in [0.15, 0.2) is 0 Å². The Labute approximate surface area is 157 Å². The summed E-state index contributed by atoms with van der Waals surface area (Å²) < 4.78 is 48.8. The number of benzene rings is 2. The lowest BCUT2D eigenvalue weighted by Gasteiger charge is -2.36. The number of aromatic nitrogens is 1. The van der Waals surface area contributed by atoms with Crippen LogP contribution in [0.1, 0.15) is 17.3 Å². The molecule has 0 spiro atoms. The standard InChI is InChI=1S/C20H19FN2O3S/c1-26-17-8-10-18(11-9-17)27(24,25)23-14-13-22-12-2-3-19(22)20(23)15-4-6-16(21)7-5-15/h2-12,20H,13-14H2,1H3/t20-/m0/s1. The van der Waals surface area contributed by atoms with Gasteiger partial charge >= 0.3 is 0 Å². The zero-order valence-electron chi connectivity index (χ0n) is 14.7. The molecule has 0 radical (unpaired) electrons. The molecule has 0 bridgehead atoms. The van der Waals surface area contributed by atoms with Crippen molar-refractivity contribution >= 4 is 10.0 Å². The summed E-state index contributed by atoms with van der Waals surface area (Å²) in [6.07, 6.45) is 1.93. The predicted molar refractivity (Wildman–Crippen MR) is 99.6 cm³/mol. The molecule has 2 heterocycles. The van der Waals surface area contributed by atoms with E-state index in [-0.39, 0.29) is 10.7 Å². The van der Waals surface area contributed by atoms with Crippen LogP contribution in [0.2, 0.25) is 0 Å². The molecule has 2 aromatic carbocycles. The minimum Gasteiger partial charge on any atom is -0.497 e. The summed E-state index contributed by atoms with van der Waals surface area (Å²) in [5.74, 6) is 0.242. The van der Waals surface area contributed by atoms with Crippen LogP contribution >= 0.6 is 0 Å². The lowest BCUT2D eigenvalue weighted by atomic mass is 10.0. The molecule has 140 valence electrons. The molecule has 1 atom stereocenters. The van der Waals surface area contributed by atoms with Crippen LogP contribution in [0.3, 0.4) is 0 Å². The molecule has 5 nitrogen and oxygen atoms in total. The van der Waals surface area contributed by atoms with Crippen molar-refractivity contribution in [1.82, 2.24) is 8.87 Å². The number of hydrogen-bond donors (Lipinski definition) is 0. The number of fused-ring (bicyclic) bond motifs is 1. The fourth-order valence-electron chi connectivity index (χ4n) is 3.49. The van der Waals surface area contributed by atoms with Crippen LogP contribution in [0.5, 0.6) is 5.75 Å². The Bertz CT molecular complexity index is 1040. The second-order valence-electron chi connectivity index (χ2n) is 6.37. The van der Waals surface area contributed by atoms with E-state index in [2.05, 4.69) is 0 Å². The van der Waals surface area contributed by atoms with Crippen LogP contribution in [0.15, 0.2) is 71.8 Å². The SMILES string of the molecule is COc1ccc(S(=O)(=O)N2CCn3cccc3[C@@H]2c2ccc(F)cc2)cc1. The molecular formula is C20H19FN2O3S. The van der Waals surface area contributed by atoms with Gasteiger partial charge in [-0.25, -0.2) is 12.8 Å². The fourth-order valence-corrected chi connectivity index (χ4v) is 5.07. The maximum Gasteiger partial charge on any atom is 0.244 e. The van der Waals surface area contributed by atoms with Gasteiger partial charge in [-0.3, -0.25) is 0 Å². The fraction of sp³-hybridized carbons (Fsp3) is 0.200. The zero-order valence-corrected chi connectivity index (χ0v) is 15.6. The van der Waals surface area contributed by atoms with Gasteiger partial charge in [0.25, 0.3) is 0 Å². The first-order valence-electron chi connectivity index (χ1n) is 8.57. The molecule has 0 saturated carbocycles. The number of ether oxygens (including phenoxy) is 1. The van der Waals surface area contributed by atoms with Crippen LogP contribution < -0.4 is 4.74 Å².